The van der Waals surface area contributed by atoms with Gasteiger partial charge in [0, 0.05) is 27.8 Å². The van der Waals surface area contributed by atoms with E-state index >= 15 is 0 Å². The summed E-state index contributed by atoms with van der Waals surface area (Å²) in [6.07, 6.45) is -11.2. The molecule has 2 aliphatic carbocycles. The molecule has 0 aromatic heterocycles. The summed E-state index contributed by atoms with van der Waals surface area (Å²) in [5.41, 5.74) is -11.0. The first-order valence-corrected chi connectivity index (χ1v) is 9.66. The molecule has 0 heterocycles. The van der Waals surface area contributed by atoms with Crippen LogP contribution in [0.25, 0.3) is 41.8 Å². The van der Waals surface area contributed by atoms with Crippen LogP contribution in [-0.4, -0.2) is 12.7 Å². The summed E-state index contributed by atoms with van der Waals surface area (Å²) in [4.78, 5) is 11.7. The number of rotatable bonds is 2. The number of fused-ring (bicyclic) bond motifs is 2. The van der Waals surface area contributed by atoms with Crippen molar-refractivity contribution in [2.75, 3.05) is 0 Å². The number of halogens is 6. The number of alkyl halides is 6. The summed E-state index contributed by atoms with van der Waals surface area (Å²) in [7, 11) is 0. The fourth-order valence-electron chi connectivity index (χ4n) is 4.09. The second-order valence-electron chi connectivity index (χ2n) is 7.18. The molecule has 0 amide bonds. The van der Waals surface area contributed by atoms with E-state index in [2.05, 4.69) is 28.9 Å². The second-order valence-corrected chi connectivity index (χ2v) is 7.18. The average Bonchev–Trinajstić information content (AvgIpc) is 3.34. The van der Waals surface area contributed by atoms with Gasteiger partial charge in [-0.25, -0.2) is 25.1 Å². The maximum Gasteiger partial charge on any atom is 0.573 e. The molecule has 0 fully saturated rings. The van der Waals surface area contributed by atoms with Crippen molar-refractivity contribution in [1.82, 2.24) is 0 Å². The number of allylic oxidation sites excluding steroid dienone is 6. The van der Waals surface area contributed by atoms with Crippen LogP contribution in [-0.2, 0) is 0 Å². The minimum Gasteiger partial charge on any atom is -0.406 e. The van der Waals surface area contributed by atoms with E-state index in [1.807, 2.05) is 0 Å². The monoisotopic (exact) mass is 535 g/mol. The standard InChI is InChI=1S/C24H3F6N7O2/c1-9-10(6-31)14-16(13(9)11(7-32)34-2)22(39-24(28,29)30)18-17(21(14)38-23(25,26)27)15(12(8-33)35-3)19(36-4)20(18)37-5/h1H3/b13-11-,15-12-. The van der Waals surface area contributed by atoms with Crippen molar-refractivity contribution in [2.24, 2.45) is 0 Å². The lowest BCUT2D eigenvalue weighted by Crippen LogP contribution is -2.22. The molecular weight excluding hydrogens is 532 g/mol. The van der Waals surface area contributed by atoms with Gasteiger partial charge >= 0.3 is 12.7 Å². The highest BCUT2D eigenvalue weighted by atomic mass is 19.4. The van der Waals surface area contributed by atoms with E-state index in [1.54, 1.807) is 0 Å². The molecule has 0 bridgehead atoms. The second kappa shape index (κ2) is 9.34. The number of nitriles is 3. The lowest BCUT2D eigenvalue weighted by Gasteiger charge is -2.24. The third kappa shape index (κ3) is 4.22. The molecule has 15 heteroatoms. The summed E-state index contributed by atoms with van der Waals surface area (Å²) in [6, 6.07) is 4.22. The van der Waals surface area contributed by atoms with E-state index in [9.17, 15) is 42.1 Å². The van der Waals surface area contributed by atoms with Crippen molar-refractivity contribution >= 4 is 22.4 Å². The molecule has 0 atom stereocenters. The highest BCUT2D eigenvalue weighted by Gasteiger charge is 2.48. The van der Waals surface area contributed by atoms with Gasteiger partial charge in [0.25, 0.3) is 11.4 Å². The summed E-state index contributed by atoms with van der Waals surface area (Å²) in [5.74, 6) is -2.86. The summed E-state index contributed by atoms with van der Waals surface area (Å²) in [5, 5.41) is 28.7. The molecule has 2 aliphatic rings. The van der Waals surface area contributed by atoms with E-state index < -0.39 is 91.6 Å². The predicted molar refractivity (Wildman–Crippen MR) is 116 cm³/mol. The first-order valence-electron chi connectivity index (χ1n) is 9.66. The van der Waals surface area contributed by atoms with Gasteiger partial charge in [0.1, 0.15) is 17.6 Å². The van der Waals surface area contributed by atoms with Crippen molar-refractivity contribution in [2.45, 2.75) is 19.6 Å². The third-order valence-corrected chi connectivity index (χ3v) is 5.29. The molecule has 3 rings (SSSR count). The maximum absolute atomic E-state index is 13.7. The van der Waals surface area contributed by atoms with E-state index in [0.29, 0.717) is 0 Å². The van der Waals surface area contributed by atoms with Gasteiger partial charge in [0.05, 0.1) is 44.0 Å². The normalized spacial score (nSPS) is 16.3. The summed E-state index contributed by atoms with van der Waals surface area (Å²) >= 11 is 0. The molecule has 1 aromatic carbocycles. The Morgan fingerprint density at radius 2 is 1.13 bits per heavy atom. The van der Waals surface area contributed by atoms with Crippen LogP contribution in [0.2, 0.25) is 0 Å². The number of hydrogen-bond acceptors (Lipinski definition) is 5. The van der Waals surface area contributed by atoms with Crippen molar-refractivity contribution in [3.8, 4) is 29.7 Å². The van der Waals surface area contributed by atoms with E-state index in [-0.39, 0.29) is 0 Å². The number of ether oxygens (including phenoxy) is 2. The van der Waals surface area contributed by atoms with Gasteiger partial charge in [-0.15, -0.1) is 26.3 Å². The van der Waals surface area contributed by atoms with Crippen LogP contribution < -0.4 is 9.47 Å². The van der Waals surface area contributed by atoms with Crippen LogP contribution in [0, 0.1) is 60.3 Å². The van der Waals surface area contributed by atoms with Crippen molar-refractivity contribution in [3.63, 3.8) is 0 Å². The Hall–Kier alpha value is -6.21. The minimum absolute atomic E-state index is 0.391. The fourth-order valence-corrected chi connectivity index (χ4v) is 4.09. The van der Waals surface area contributed by atoms with Crippen LogP contribution in [0.5, 0.6) is 11.5 Å². The Kier molecular flexibility index (Phi) is 6.56. The molecule has 1 aromatic rings. The van der Waals surface area contributed by atoms with Gasteiger partial charge in [0.15, 0.2) is 5.70 Å². The van der Waals surface area contributed by atoms with Gasteiger partial charge in [-0.3, -0.25) is 4.85 Å². The fraction of sp³-hybridized carbons (Fsp3) is 0.125. The lowest BCUT2D eigenvalue weighted by molar-refractivity contribution is -0.277. The van der Waals surface area contributed by atoms with Crippen LogP contribution >= 0.6 is 0 Å². The molecule has 0 N–H and O–H groups in total. The number of hydrogen-bond donors (Lipinski definition) is 0. The SMILES string of the molecule is [C-]#[N+]C1=C([N+]#[C-])c2c(OC(F)(F)F)c3c(c(OC(F)(F)F)c2/C1=C(\C#N)[N+]#[C-])C(C#N)=C(C)/C3=C(\C#N)[N+]#[C-]. The topological polar surface area (TPSA) is 107 Å². The molecule has 39 heavy (non-hydrogen) atoms. The van der Waals surface area contributed by atoms with Crippen molar-refractivity contribution < 1.29 is 35.8 Å². The Labute approximate surface area is 214 Å². The molecule has 188 valence electrons. The first kappa shape index (κ1) is 27.4. The quantitative estimate of drug-likeness (QED) is 0.240. The molecule has 0 unspecified atom stereocenters. The van der Waals surface area contributed by atoms with E-state index in [1.165, 1.54) is 18.2 Å². The van der Waals surface area contributed by atoms with Crippen molar-refractivity contribution in [3.05, 3.63) is 90.6 Å². The van der Waals surface area contributed by atoms with Gasteiger partial charge < -0.3 is 9.47 Å². The molecule has 0 aliphatic heterocycles. The Morgan fingerprint density at radius 1 is 0.692 bits per heavy atom. The Balaban J connectivity index is 2.90. The lowest BCUT2D eigenvalue weighted by atomic mass is 9.91. The highest BCUT2D eigenvalue weighted by Crippen LogP contribution is 2.61. The van der Waals surface area contributed by atoms with Crippen LogP contribution in [0.3, 0.4) is 0 Å². The van der Waals surface area contributed by atoms with Gasteiger partial charge in [-0.1, -0.05) is 0 Å². The number of nitrogens with zero attached hydrogens (tertiary/aromatic N) is 7. The zero-order valence-electron chi connectivity index (χ0n) is 18.7. The molecule has 0 saturated carbocycles. The van der Waals surface area contributed by atoms with Crippen LogP contribution in [0.15, 0.2) is 22.7 Å². The molecule has 9 nitrogen and oxygen atoms in total. The van der Waals surface area contributed by atoms with Gasteiger partial charge in [-0.2, -0.15) is 5.26 Å². The van der Waals surface area contributed by atoms with Crippen LogP contribution in [0.1, 0.15) is 29.2 Å². The molecule has 0 radical (unpaired) electrons. The number of benzene rings is 1. The Morgan fingerprint density at radius 3 is 1.51 bits per heavy atom. The average molecular weight is 535 g/mol. The molecule has 0 saturated heterocycles. The summed E-state index contributed by atoms with van der Waals surface area (Å²) in [6.45, 7) is 30.4. The molecular formula is C24H3F6N7O2. The smallest absolute Gasteiger partial charge is 0.406 e. The zero-order chi connectivity index (χ0) is 29.4. The van der Waals surface area contributed by atoms with Crippen molar-refractivity contribution in [1.29, 1.82) is 15.8 Å². The minimum atomic E-state index is -5.60. The van der Waals surface area contributed by atoms with Gasteiger partial charge in [-0.05, 0) is 18.1 Å². The van der Waals surface area contributed by atoms with Crippen LogP contribution in [0.4, 0.5) is 26.3 Å². The summed E-state index contributed by atoms with van der Waals surface area (Å²) < 4.78 is 90.4. The Bertz CT molecular complexity index is 1780. The largest absolute Gasteiger partial charge is 0.573 e. The first-order chi connectivity index (χ1) is 18.2. The predicted octanol–water partition coefficient (Wildman–Crippen LogP) is 6.62. The molecule has 0 spiro atoms. The van der Waals surface area contributed by atoms with E-state index in [4.69, 9.17) is 26.3 Å². The van der Waals surface area contributed by atoms with Gasteiger partial charge in [0.2, 0.25) is 5.70 Å². The third-order valence-electron chi connectivity index (χ3n) is 5.29. The van der Waals surface area contributed by atoms with E-state index in [0.717, 1.165) is 6.92 Å². The zero-order valence-corrected chi connectivity index (χ0v) is 18.7. The highest BCUT2D eigenvalue weighted by molar-refractivity contribution is 6.16. The maximum atomic E-state index is 13.7.